The number of hydrogen-bond acceptors (Lipinski definition) is 5. The van der Waals surface area contributed by atoms with Crippen LogP contribution in [0.15, 0.2) is 23.0 Å². The summed E-state index contributed by atoms with van der Waals surface area (Å²) in [6, 6.07) is 5.40. The number of carbonyl (C=O) groups excluding carboxylic acids is 1. The van der Waals surface area contributed by atoms with Gasteiger partial charge in [0.25, 0.3) is 10.2 Å². The van der Waals surface area contributed by atoms with Crippen molar-refractivity contribution in [3.63, 3.8) is 0 Å². The summed E-state index contributed by atoms with van der Waals surface area (Å²) in [7, 11) is -0.546. The van der Waals surface area contributed by atoms with Crippen LogP contribution in [0.2, 0.25) is 0 Å². The number of nitrogens with zero attached hydrogens (tertiary/aromatic N) is 3. The van der Waals surface area contributed by atoms with E-state index in [1.165, 1.54) is 22.7 Å². The molecule has 148 valence electrons. The lowest BCUT2D eigenvalue weighted by molar-refractivity contribution is -0.120. The van der Waals surface area contributed by atoms with Crippen LogP contribution in [-0.4, -0.2) is 54.7 Å². The average Bonchev–Trinajstić information content (AvgIpc) is 2.95. The van der Waals surface area contributed by atoms with E-state index in [1.54, 1.807) is 16.7 Å². The number of piperidine rings is 1. The van der Waals surface area contributed by atoms with Gasteiger partial charge in [0.2, 0.25) is 5.91 Å². The standard InChI is InChI=1S/C17H24N4O4S2/c1-4-21-14-8-7-13(10-15(14)26-17(21)23)18-16(22)12-6-5-9-20(11-12)27(24,25)19(2)3/h7-8,10,12H,4-6,9,11H2,1-3H3,(H,18,22)/t12-/m0/s1. The van der Waals surface area contributed by atoms with Gasteiger partial charge in [-0.1, -0.05) is 11.3 Å². The van der Waals surface area contributed by atoms with Crippen molar-refractivity contribution >= 4 is 43.4 Å². The highest BCUT2D eigenvalue weighted by Crippen LogP contribution is 2.25. The van der Waals surface area contributed by atoms with Crippen LogP contribution in [0.4, 0.5) is 5.69 Å². The zero-order chi connectivity index (χ0) is 19.8. The van der Waals surface area contributed by atoms with Gasteiger partial charge in [0.1, 0.15) is 0 Å². The second-order valence-electron chi connectivity index (χ2n) is 6.77. The van der Waals surface area contributed by atoms with E-state index in [1.807, 2.05) is 13.0 Å². The predicted octanol–water partition coefficient (Wildman–Crippen LogP) is 1.54. The molecule has 1 amide bonds. The molecule has 1 atom stereocenters. The van der Waals surface area contributed by atoms with Crippen molar-refractivity contribution in [3.05, 3.63) is 27.9 Å². The average molecular weight is 413 g/mol. The number of benzene rings is 1. The molecule has 3 rings (SSSR count). The summed E-state index contributed by atoms with van der Waals surface area (Å²) in [4.78, 5) is 24.6. The molecule has 0 radical (unpaired) electrons. The fourth-order valence-corrected chi connectivity index (χ4v) is 5.47. The van der Waals surface area contributed by atoms with Crippen LogP contribution in [0.5, 0.6) is 0 Å². The van der Waals surface area contributed by atoms with Crippen LogP contribution >= 0.6 is 11.3 Å². The van der Waals surface area contributed by atoms with Gasteiger partial charge in [0.15, 0.2) is 0 Å². The van der Waals surface area contributed by atoms with Gasteiger partial charge >= 0.3 is 4.87 Å². The van der Waals surface area contributed by atoms with E-state index >= 15 is 0 Å². The largest absolute Gasteiger partial charge is 0.326 e. The maximum atomic E-state index is 12.7. The van der Waals surface area contributed by atoms with Gasteiger partial charge in [-0.05, 0) is 38.0 Å². The Bertz CT molecular complexity index is 1010. The first-order valence-electron chi connectivity index (χ1n) is 8.86. The molecule has 0 unspecified atom stereocenters. The van der Waals surface area contributed by atoms with E-state index in [2.05, 4.69) is 5.32 Å². The topological polar surface area (TPSA) is 91.7 Å². The lowest BCUT2D eigenvalue weighted by Crippen LogP contribution is -2.47. The first-order valence-corrected chi connectivity index (χ1v) is 11.1. The second kappa shape index (κ2) is 7.70. The summed E-state index contributed by atoms with van der Waals surface area (Å²) >= 11 is 1.15. The van der Waals surface area contributed by atoms with Crippen molar-refractivity contribution < 1.29 is 13.2 Å². The minimum Gasteiger partial charge on any atom is -0.326 e. The third-order valence-electron chi connectivity index (χ3n) is 4.79. The zero-order valence-electron chi connectivity index (χ0n) is 15.6. The molecule has 0 aliphatic carbocycles. The molecular weight excluding hydrogens is 388 g/mol. The molecule has 1 saturated heterocycles. The Morgan fingerprint density at radius 2 is 2.11 bits per heavy atom. The minimum atomic E-state index is -3.52. The molecule has 27 heavy (non-hydrogen) atoms. The molecule has 1 N–H and O–H groups in total. The van der Waals surface area contributed by atoms with E-state index in [4.69, 9.17) is 0 Å². The van der Waals surface area contributed by atoms with Gasteiger partial charge in [-0.25, -0.2) is 0 Å². The Balaban J connectivity index is 1.75. The molecule has 10 heteroatoms. The van der Waals surface area contributed by atoms with Crippen molar-refractivity contribution in [3.8, 4) is 0 Å². The van der Waals surface area contributed by atoms with Crippen LogP contribution in [-0.2, 0) is 21.5 Å². The van der Waals surface area contributed by atoms with Crippen LogP contribution in [0.3, 0.4) is 0 Å². The molecule has 1 aromatic carbocycles. The van der Waals surface area contributed by atoms with Gasteiger partial charge < -0.3 is 5.32 Å². The van der Waals surface area contributed by atoms with E-state index in [0.29, 0.717) is 31.6 Å². The monoisotopic (exact) mass is 412 g/mol. The molecule has 0 bridgehead atoms. The highest BCUT2D eigenvalue weighted by molar-refractivity contribution is 7.86. The van der Waals surface area contributed by atoms with Crippen LogP contribution < -0.4 is 10.2 Å². The summed E-state index contributed by atoms with van der Waals surface area (Å²) in [5, 5.41) is 2.87. The Hall–Kier alpha value is -1.75. The summed E-state index contributed by atoms with van der Waals surface area (Å²) in [5.41, 5.74) is 1.47. The summed E-state index contributed by atoms with van der Waals surface area (Å²) in [6.45, 7) is 3.12. The smallest absolute Gasteiger partial charge is 0.308 e. The van der Waals surface area contributed by atoms with Crippen LogP contribution in [0, 0.1) is 5.92 Å². The molecule has 0 saturated carbocycles. The fraction of sp³-hybridized carbons (Fsp3) is 0.529. The molecular formula is C17H24N4O4S2. The molecule has 8 nitrogen and oxygen atoms in total. The molecule has 0 spiro atoms. The molecule has 1 aliphatic heterocycles. The van der Waals surface area contributed by atoms with E-state index in [0.717, 1.165) is 21.6 Å². The van der Waals surface area contributed by atoms with Crippen molar-refractivity contribution in [1.29, 1.82) is 0 Å². The summed E-state index contributed by atoms with van der Waals surface area (Å²) in [6.07, 6.45) is 1.29. The van der Waals surface area contributed by atoms with E-state index < -0.39 is 16.1 Å². The molecule has 2 heterocycles. The molecule has 2 aromatic rings. The number of anilines is 1. The first-order chi connectivity index (χ1) is 12.7. The molecule has 1 aromatic heterocycles. The van der Waals surface area contributed by atoms with Gasteiger partial charge in [0, 0.05) is 39.4 Å². The van der Waals surface area contributed by atoms with Gasteiger partial charge in [-0.2, -0.15) is 17.0 Å². The van der Waals surface area contributed by atoms with Crippen molar-refractivity contribution in [2.45, 2.75) is 26.3 Å². The number of amides is 1. The second-order valence-corrected chi connectivity index (χ2v) is 9.91. The van der Waals surface area contributed by atoms with E-state index in [9.17, 15) is 18.0 Å². The van der Waals surface area contributed by atoms with Gasteiger partial charge in [-0.3, -0.25) is 14.2 Å². The highest BCUT2D eigenvalue weighted by atomic mass is 32.2. The van der Waals surface area contributed by atoms with Gasteiger partial charge in [0.05, 0.1) is 16.1 Å². The Morgan fingerprint density at radius 3 is 2.78 bits per heavy atom. The van der Waals surface area contributed by atoms with Crippen LogP contribution in [0.1, 0.15) is 19.8 Å². The number of hydrogen-bond donors (Lipinski definition) is 1. The number of nitrogens with one attached hydrogen (secondary N) is 1. The Labute approximate surface area is 162 Å². The van der Waals surface area contributed by atoms with Crippen molar-refractivity contribution in [2.75, 3.05) is 32.5 Å². The summed E-state index contributed by atoms with van der Waals surface area (Å²) < 4.78 is 29.7. The first kappa shape index (κ1) is 20.0. The lowest BCUT2D eigenvalue weighted by atomic mass is 9.98. The molecule has 1 fully saturated rings. The third kappa shape index (κ3) is 3.93. The summed E-state index contributed by atoms with van der Waals surface area (Å²) in [5.74, 6) is -0.599. The molecule has 1 aliphatic rings. The van der Waals surface area contributed by atoms with Crippen molar-refractivity contribution in [1.82, 2.24) is 13.2 Å². The number of carbonyl (C=O) groups is 1. The predicted molar refractivity (Wildman–Crippen MR) is 107 cm³/mol. The van der Waals surface area contributed by atoms with E-state index in [-0.39, 0.29) is 17.3 Å². The third-order valence-corrected chi connectivity index (χ3v) is 7.64. The zero-order valence-corrected chi connectivity index (χ0v) is 17.3. The van der Waals surface area contributed by atoms with Crippen LogP contribution in [0.25, 0.3) is 10.2 Å². The Morgan fingerprint density at radius 1 is 1.37 bits per heavy atom. The van der Waals surface area contributed by atoms with Crippen molar-refractivity contribution in [2.24, 2.45) is 5.92 Å². The highest BCUT2D eigenvalue weighted by Gasteiger charge is 2.33. The lowest BCUT2D eigenvalue weighted by Gasteiger charge is -2.32. The maximum absolute atomic E-state index is 12.7. The minimum absolute atomic E-state index is 0.0206. The number of fused-ring (bicyclic) bond motifs is 1. The fourth-order valence-electron chi connectivity index (χ4n) is 3.28. The number of rotatable bonds is 5. The number of aryl methyl sites for hydroxylation is 1. The van der Waals surface area contributed by atoms with Gasteiger partial charge in [-0.15, -0.1) is 0 Å². The Kier molecular flexibility index (Phi) is 5.71. The number of aromatic nitrogens is 1. The maximum Gasteiger partial charge on any atom is 0.308 e. The quantitative estimate of drug-likeness (QED) is 0.806. The number of thiazole rings is 1. The SMILES string of the molecule is CCn1c(=O)sc2cc(NC(=O)[C@H]3CCCN(S(=O)(=O)N(C)C)C3)ccc21. The normalized spacial score (nSPS) is 18.9.